The highest BCUT2D eigenvalue weighted by molar-refractivity contribution is 6.06. The Morgan fingerprint density at radius 3 is 2.48 bits per heavy atom. The van der Waals surface area contributed by atoms with Gasteiger partial charge in [0.15, 0.2) is 0 Å². The largest absolute Gasteiger partial charge is 0.468 e. The summed E-state index contributed by atoms with van der Waals surface area (Å²) in [6.07, 6.45) is 0. The van der Waals surface area contributed by atoms with Gasteiger partial charge in [-0.15, -0.1) is 0 Å². The Kier molecular flexibility index (Phi) is 5.16. The minimum Gasteiger partial charge on any atom is -0.468 e. The zero-order chi connectivity index (χ0) is 19.4. The van der Waals surface area contributed by atoms with Crippen LogP contribution < -0.4 is 10.6 Å². The summed E-state index contributed by atoms with van der Waals surface area (Å²) in [7, 11) is 1.23. The number of hydrogen-bond donors (Lipinski definition) is 3. The van der Waals surface area contributed by atoms with Crippen LogP contribution in [0, 0.1) is 5.82 Å². The maximum absolute atomic E-state index is 13.7. The highest BCUT2D eigenvalue weighted by atomic mass is 19.1. The van der Waals surface area contributed by atoms with Gasteiger partial charge in [0.05, 0.1) is 7.11 Å². The van der Waals surface area contributed by atoms with Crippen molar-refractivity contribution in [1.82, 2.24) is 10.3 Å². The van der Waals surface area contributed by atoms with E-state index in [4.69, 9.17) is 0 Å². The molecule has 0 saturated carbocycles. The summed E-state index contributed by atoms with van der Waals surface area (Å²) >= 11 is 0. The number of benzene rings is 2. The lowest BCUT2D eigenvalue weighted by atomic mass is 10.2. The average molecular weight is 369 g/mol. The molecule has 0 fully saturated rings. The lowest BCUT2D eigenvalue weighted by Crippen LogP contribution is -2.30. The van der Waals surface area contributed by atoms with E-state index < -0.39 is 23.6 Å². The number of nitrogens with one attached hydrogen (secondary N) is 3. The predicted octanol–water partition coefficient (Wildman–Crippen LogP) is 2.46. The minimum atomic E-state index is -0.554. The van der Waals surface area contributed by atoms with Crippen molar-refractivity contribution in [3.8, 4) is 0 Å². The number of esters is 1. The van der Waals surface area contributed by atoms with Crippen molar-refractivity contribution in [2.24, 2.45) is 0 Å². The van der Waals surface area contributed by atoms with Gasteiger partial charge in [0.1, 0.15) is 18.1 Å². The summed E-state index contributed by atoms with van der Waals surface area (Å²) < 4.78 is 18.2. The van der Waals surface area contributed by atoms with Gasteiger partial charge in [-0.25, -0.2) is 4.39 Å². The normalized spacial score (nSPS) is 10.4. The number of methoxy groups -OCH3 is 1. The second-order valence-electron chi connectivity index (χ2n) is 5.67. The molecule has 8 heteroatoms. The third kappa shape index (κ3) is 4.12. The molecule has 3 aromatic rings. The fourth-order valence-corrected chi connectivity index (χ4v) is 2.47. The number of rotatable bonds is 5. The second kappa shape index (κ2) is 7.69. The van der Waals surface area contributed by atoms with Crippen LogP contribution in [-0.4, -0.2) is 36.4 Å². The van der Waals surface area contributed by atoms with Crippen molar-refractivity contribution in [2.75, 3.05) is 19.0 Å². The maximum Gasteiger partial charge on any atom is 0.325 e. The van der Waals surface area contributed by atoms with Crippen molar-refractivity contribution >= 4 is 34.4 Å². The van der Waals surface area contributed by atoms with E-state index in [1.807, 2.05) is 0 Å². The van der Waals surface area contributed by atoms with Gasteiger partial charge in [-0.3, -0.25) is 14.4 Å². The summed E-state index contributed by atoms with van der Waals surface area (Å²) in [6, 6.07) is 12.1. The SMILES string of the molecule is COC(=O)CNC(=O)c1ccc(NC(=O)c2cc3c(F)cccc3[nH]2)cc1. The van der Waals surface area contributed by atoms with Crippen molar-refractivity contribution in [2.45, 2.75) is 0 Å². The van der Waals surface area contributed by atoms with Gasteiger partial charge < -0.3 is 20.4 Å². The average Bonchev–Trinajstić information content (AvgIpc) is 3.12. The molecule has 0 aliphatic carbocycles. The van der Waals surface area contributed by atoms with E-state index in [1.165, 1.54) is 31.4 Å². The number of amides is 2. The molecular weight excluding hydrogens is 353 g/mol. The van der Waals surface area contributed by atoms with E-state index >= 15 is 0 Å². The molecule has 138 valence electrons. The molecule has 0 aliphatic rings. The van der Waals surface area contributed by atoms with Gasteiger partial charge in [0.25, 0.3) is 11.8 Å². The summed E-state index contributed by atoms with van der Waals surface area (Å²) in [5.41, 5.74) is 1.53. The van der Waals surface area contributed by atoms with Crippen LogP contribution in [-0.2, 0) is 9.53 Å². The Morgan fingerprint density at radius 1 is 1.07 bits per heavy atom. The molecule has 1 heterocycles. The van der Waals surface area contributed by atoms with Gasteiger partial charge in [-0.2, -0.15) is 0 Å². The monoisotopic (exact) mass is 369 g/mol. The number of carbonyl (C=O) groups is 3. The number of halogens is 1. The zero-order valence-electron chi connectivity index (χ0n) is 14.3. The molecule has 0 radical (unpaired) electrons. The molecule has 0 atom stereocenters. The fourth-order valence-electron chi connectivity index (χ4n) is 2.47. The number of aromatic amines is 1. The molecule has 3 rings (SSSR count). The van der Waals surface area contributed by atoms with Crippen molar-refractivity contribution < 1.29 is 23.5 Å². The predicted molar refractivity (Wildman–Crippen MR) is 97.0 cm³/mol. The first-order valence-electron chi connectivity index (χ1n) is 8.01. The molecule has 0 unspecified atom stereocenters. The maximum atomic E-state index is 13.7. The summed E-state index contributed by atoms with van der Waals surface area (Å²) in [6.45, 7) is -0.231. The second-order valence-corrected chi connectivity index (χ2v) is 5.67. The molecule has 1 aromatic heterocycles. The van der Waals surface area contributed by atoms with E-state index in [9.17, 15) is 18.8 Å². The highest BCUT2D eigenvalue weighted by Crippen LogP contribution is 2.19. The first kappa shape index (κ1) is 18.1. The van der Waals surface area contributed by atoms with Crippen LogP contribution in [0.15, 0.2) is 48.5 Å². The first-order chi connectivity index (χ1) is 13.0. The topological polar surface area (TPSA) is 100 Å². The van der Waals surface area contributed by atoms with Gasteiger partial charge in [0.2, 0.25) is 0 Å². The van der Waals surface area contributed by atoms with E-state index in [0.29, 0.717) is 22.2 Å². The van der Waals surface area contributed by atoms with Crippen LogP contribution in [0.3, 0.4) is 0 Å². The molecule has 0 aliphatic heterocycles. The van der Waals surface area contributed by atoms with Crippen molar-refractivity contribution in [3.05, 3.63) is 65.6 Å². The lowest BCUT2D eigenvalue weighted by Gasteiger charge is -2.06. The molecule has 0 spiro atoms. The standard InChI is InChI=1S/C19H16FN3O4/c1-27-17(24)10-21-18(25)11-5-7-12(8-6-11)22-19(26)16-9-13-14(20)3-2-4-15(13)23-16/h2-9,23H,10H2,1H3,(H,21,25)(H,22,26). The Labute approximate surface area is 153 Å². The minimum absolute atomic E-state index is 0.218. The van der Waals surface area contributed by atoms with Crippen LogP contribution >= 0.6 is 0 Å². The third-order valence-corrected chi connectivity index (χ3v) is 3.88. The Hall–Kier alpha value is -3.68. The summed E-state index contributed by atoms with van der Waals surface area (Å²) in [4.78, 5) is 38.1. The molecule has 27 heavy (non-hydrogen) atoms. The zero-order valence-corrected chi connectivity index (χ0v) is 14.3. The van der Waals surface area contributed by atoms with Crippen LogP contribution in [0.4, 0.5) is 10.1 Å². The number of carbonyl (C=O) groups excluding carboxylic acids is 3. The van der Waals surface area contributed by atoms with Crippen LogP contribution in [0.1, 0.15) is 20.8 Å². The van der Waals surface area contributed by atoms with Gasteiger partial charge in [0, 0.05) is 22.2 Å². The fraction of sp³-hybridized carbons (Fsp3) is 0.105. The third-order valence-electron chi connectivity index (χ3n) is 3.88. The summed E-state index contributed by atoms with van der Waals surface area (Å²) in [5.74, 6) is -1.84. The summed E-state index contributed by atoms with van der Waals surface area (Å²) in [5, 5.41) is 5.41. The number of anilines is 1. The lowest BCUT2D eigenvalue weighted by molar-refractivity contribution is -0.139. The Balaban J connectivity index is 1.66. The number of aromatic nitrogens is 1. The smallest absolute Gasteiger partial charge is 0.325 e. The van der Waals surface area contributed by atoms with Crippen LogP contribution in [0.25, 0.3) is 10.9 Å². The first-order valence-corrected chi connectivity index (χ1v) is 8.01. The van der Waals surface area contributed by atoms with Crippen LogP contribution in [0.5, 0.6) is 0 Å². The number of fused-ring (bicyclic) bond motifs is 1. The molecular formula is C19H16FN3O4. The Morgan fingerprint density at radius 2 is 1.81 bits per heavy atom. The molecule has 0 bridgehead atoms. The van der Waals surface area contributed by atoms with Gasteiger partial charge >= 0.3 is 5.97 Å². The molecule has 2 aromatic carbocycles. The Bertz CT molecular complexity index is 1010. The molecule has 3 N–H and O–H groups in total. The number of ether oxygens (including phenoxy) is 1. The van der Waals surface area contributed by atoms with Crippen LogP contribution in [0.2, 0.25) is 0 Å². The quantitative estimate of drug-likeness (QED) is 0.602. The van der Waals surface area contributed by atoms with E-state index in [0.717, 1.165) is 0 Å². The van der Waals surface area contributed by atoms with Gasteiger partial charge in [-0.1, -0.05) is 6.07 Å². The van der Waals surface area contributed by atoms with E-state index in [2.05, 4.69) is 20.4 Å². The molecule has 7 nitrogen and oxygen atoms in total. The van der Waals surface area contributed by atoms with E-state index in [-0.39, 0.29) is 12.2 Å². The van der Waals surface area contributed by atoms with Crippen molar-refractivity contribution in [1.29, 1.82) is 0 Å². The molecule has 0 saturated heterocycles. The number of H-pyrrole nitrogens is 1. The highest BCUT2D eigenvalue weighted by Gasteiger charge is 2.13. The molecule has 2 amide bonds. The van der Waals surface area contributed by atoms with E-state index in [1.54, 1.807) is 24.3 Å². The van der Waals surface area contributed by atoms with Gasteiger partial charge in [-0.05, 0) is 42.5 Å². The number of hydrogen-bond acceptors (Lipinski definition) is 4. The van der Waals surface area contributed by atoms with Crippen molar-refractivity contribution in [3.63, 3.8) is 0 Å².